The molecule has 0 aliphatic carbocycles. The second kappa shape index (κ2) is 4.57. The van der Waals surface area contributed by atoms with Crippen molar-refractivity contribution in [1.29, 1.82) is 0 Å². The normalized spacial score (nSPS) is 24.5. The summed E-state index contributed by atoms with van der Waals surface area (Å²) in [6, 6.07) is 6.56. The maximum absolute atomic E-state index is 13.7. The Hall–Kier alpha value is -1.22. The van der Waals surface area contributed by atoms with Crippen LogP contribution in [-0.2, 0) is 4.79 Å². The topological polar surface area (TPSA) is 29.1 Å². The van der Waals surface area contributed by atoms with E-state index in [1.165, 1.54) is 6.07 Å². The molecule has 1 aromatic carbocycles. The zero-order chi connectivity index (χ0) is 12.5. The summed E-state index contributed by atoms with van der Waals surface area (Å²) in [7, 11) is 0. The lowest BCUT2D eigenvalue weighted by Crippen LogP contribution is -2.40. The molecule has 0 amide bonds. The van der Waals surface area contributed by atoms with Crippen LogP contribution in [-0.4, -0.2) is 17.9 Å². The van der Waals surface area contributed by atoms with E-state index >= 15 is 0 Å². The first kappa shape index (κ1) is 12.2. The zero-order valence-corrected chi connectivity index (χ0v) is 10.2. The van der Waals surface area contributed by atoms with Crippen LogP contribution in [0.3, 0.4) is 0 Å². The molecule has 0 saturated carbocycles. The summed E-state index contributed by atoms with van der Waals surface area (Å²) in [5.74, 6) is -0.686. The van der Waals surface area contributed by atoms with E-state index in [0.717, 1.165) is 19.1 Å². The highest BCUT2D eigenvalue weighted by molar-refractivity contribution is 5.64. The first-order valence-corrected chi connectivity index (χ1v) is 6.01. The minimum Gasteiger partial charge on any atom is -0.308 e. The van der Waals surface area contributed by atoms with Gasteiger partial charge in [-0.2, -0.15) is 0 Å². The van der Waals surface area contributed by atoms with Gasteiger partial charge < -0.3 is 10.1 Å². The number of hydrogen-bond acceptors (Lipinski definition) is 2. The van der Waals surface area contributed by atoms with E-state index in [-0.39, 0.29) is 17.4 Å². The van der Waals surface area contributed by atoms with Crippen molar-refractivity contribution in [3.63, 3.8) is 0 Å². The van der Waals surface area contributed by atoms with Crippen molar-refractivity contribution in [3.8, 4) is 0 Å². The third kappa shape index (κ3) is 2.55. The van der Waals surface area contributed by atoms with Gasteiger partial charge in [0.2, 0.25) is 0 Å². The second-order valence-corrected chi connectivity index (χ2v) is 5.36. The minimum absolute atomic E-state index is 0.0389. The molecule has 1 heterocycles. The second-order valence-electron chi connectivity index (χ2n) is 5.36. The molecule has 0 radical (unpaired) electrons. The molecule has 1 aliphatic rings. The summed E-state index contributed by atoms with van der Waals surface area (Å²) in [5, 5.41) is 3.41. The predicted molar refractivity (Wildman–Crippen MR) is 65.4 cm³/mol. The van der Waals surface area contributed by atoms with E-state index in [0.29, 0.717) is 5.56 Å². The zero-order valence-electron chi connectivity index (χ0n) is 10.2. The number of halogens is 1. The van der Waals surface area contributed by atoms with Gasteiger partial charge >= 0.3 is 0 Å². The van der Waals surface area contributed by atoms with Gasteiger partial charge in [0.25, 0.3) is 0 Å². The number of aldehydes is 1. The van der Waals surface area contributed by atoms with Crippen molar-refractivity contribution in [3.05, 3.63) is 35.6 Å². The third-order valence-corrected chi connectivity index (χ3v) is 3.50. The van der Waals surface area contributed by atoms with Crippen LogP contribution in [0.1, 0.15) is 38.2 Å². The van der Waals surface area contributed by atoms with Gasteiger partial charge in [0, 0.05) is 11.6 Å². The fourth-order valence-electron chi connectivity index (χ4n) is 2.56. The summed E-state index contributed by atoms with van der Waals surface area (Å²) in [5.41, 5.74) is 0.537. The molecule has 92 valence electrons. The van der Waals surface area contributed by atoms with Crippen LogP contribution in [0.5, 0.6) is 0 Å². The Kier molecular flexibility index (Phi) is 3.29. The van der Waals surface area contributed by atoms with E-state index in [1.54, 1.807) is 18.2 Å². The number of nitrogens with one attached hydrogen (secondary N) is 1. The van der Waals surface area contributed by atoms with Gasteiger partial charge in [0.15, 0.2) is 0 Å². The lowest BCUT2D eigenvalue weighted by atomic mass is 9.91. The van der Waals surface area contributed by atoms with E-state index in [2.05, 4.69) is 19.2 Å². The fraction of sp³-hybridized carbons (Fsp3) is 0.500. The van der Waals surface area contributed by atoms with Crippen LogP contribution in [0, 0.1) is 5.82 Å². The van der Waals surface area contributed by atoms with Crippen molar-refractivity contribution in [2.24, 2.45) is 0 Å². The Morgan fingerprint density at radius 1 is 1.47 bits per heavy atom. The molecule has 2 atom stereocenters. The SMILES string of the molecule is CC1(C)CC[C@H]([C@@H](C=O)c2ccccc2F)N1. The molecule has 0 aromatic heterocycles. The van der Waals surface area contributed by atoms with Gasteiger partial charge in [-0.1, -0.05) is 18.2 Å². The van der Waals surface area contributed by atoms with E-state index < -0.39 is 5.92 Å². The first-order valence-electron chi connectivity index (χ1n) is 6.01. The number of hydrogen-bond donors (Lipinski definition) is 1. The predicted octanol–water partition coefficient (Wildman–Crippen LogP) is 2.64. The van der Waals surface area contributed by atoms with Gasteiger partial charge in [-0.15, -0.1) is 0 Å². The van der Waals surface area contributed by atoms with Crippen LogP contribution in [0.25, 0.3) is 0 Å². The number of rotatable bonds is 3. The minimum atomic E-state index is -0.391. The molecule has 1 aliphatic heterocycles. The molecule has 17 heavy (non-hydrogen) atoms. The van der Waals surface area contributed by atoms with Crippen molar-refractivity contribution in [2.45, 2.75) is 44.2 Å². The number of benzene rings is 1. The number of carbonyl (C=O) groups is 1. The molecule has 2 nitrogen and oxygen atoms in total. The number of carbonyl (C=O) groups excluding carboxylic acids is 1. The standard InChI is InChI=1S/C14H18FNO/c1-14(2)8-7-13(16-14)11(9-17)10-5-3-4-6-12(10)15/h3-6,9,11,13,16H,7-8H2,1-2H3/t11-,13+/m0/s1. The van der Waals surface area contributed by atoms with Crippen LogP contribution in [0.2, 0.25) is 0 Å². The Bertz CT molecular complexity index is 416. The molecule has 2 rings (SSSR count). The molecule has 1 aromatic rings. The van der Waals surface area contributed by atoms with E-state index in [4.69, 9.17) is 0 Å². The van der Waals surface area contributed by atoms with Gasteiger partial charge in [0.05, 0.1) is 5.92 Å². The van der Waals surface area contributed by atoms with Crippen LogP contribution < -0.4 is 5.32 Å². The van der Waals surface area contributed by atoms with Gasteiger partial charge in [-0.05, 0) is 38.3 Å². The summed E-state index contributed by atoms with van der Waals surface area (Å²) in [4.78, 5) is 11.2. The maximum atomic E-state index is 13.7. The lowest BCUT2D eigenvalue weighted by molar-refractivity contribution is -0.109. The van der Waals surface area contributed by atoms with Crippen molar-refractivity contribution in [1.82, 2.24) is 5.32 Å². The molecule has 0 bridgehead atoms. The Balaban J connectivity index is 2.24. The Labute approximate surface area is 101 Å². The lowest BCUT2D eigenvalue weighted by Gasteiger charge is -2.24. The molecule has 1 saturated heterocycles. The molecule has 1 N–H and O–H groups in total. The summed E-state index contributed by atoms with van der Waals surface area (Å²) in [6.45, 7) is 4.21. The maximum Gasteiger partial charge on any atom is 0.129 e. The van der Waals surface area contributed by atoms with Crippen molar-refractivity contribution >= 4 is 6.29 Å². The molecule has 0 spiro atoms. The summed E-state index contributed by atoms with van der Waals surface area (Å²) in [6.07, 6.45) is 2.78. The van der Waals surface area contributed by atoms with Crippen LogP contribution in [0.15, 0.2) is 24.3 Å². The van der Waals surface area contributed by atoms with E-state index in [9.17, 15) is 9.18 Å². The smallest absolute Gasteiger partial charge is 0.129 e. The Morgan fingerprint density at radius 3 is 2.71 bits per heavy atom. The molecule has 1 fully saturated rings. The van der Waals surface area contributed by atoms with Gasteiger partial charge in [-0.3, -0.25) is 0 Å². The molecular formula is C14H18FNO. The highest BCUT2D eigenvalue weighted by Crippen LogP contribution is 2.31. The van der Waals surface area contributed by atoms with Crippen molar-refractivity contribution in [2.75, 3.05) is 0 Å². The fourth-order valence-corrected chi connectivity index (χ4v) is 2.56. The van der Waals surface area contributed by atoms with Crippen molar-refractivity contribution < 1.29 is 9.18 Å². The molecular weight excluding hydrogens is 217 g/mol. The monoisotopic (exact) mass is 235 g/mol. The van der Waals surface area contributed by atoms with Gasteiger partial charge in [0.1, 0.15) is 12.1 Å². The Morgan fingerprint density at radius 2 is 2.18 bits per heavy atom. The summed E-state index contributed by atoms with van der Waals surface area (Å²) >= 11 is 0. The third-order valence-electron chi connectivity index (χ3n) is 3.50. The first-order chi connectivity index (χ1) is 8.03. The molecule has 0 unspecified atom stereocenters. The average Bonchev–Trinajstić information content (AvgIpc) is 2.63. The highest BCUT2D eigenvalue weighted by atomic mass is 19.1. The molecule has 3 heteroatoms. The van der Waals surface area contributed by atoms with Gasteiger partial charge in [-0.25, -0.2) is 4.39 Å². The van der Waals surface area contributed by atoms with Crippen LogP contribution >= 0.6 is 0 Å². The highest BCUT2D eigenvalue weighted by Gasteiger charge is 2.35. The largest absolute Gasteiger partial charge is 0.308 e. The quantitative estimate of drug-likeness (QED) is 0.816. The van der Waals surface area contributed by atoms with Crippen LogP contribution in [0.4, 0.5) is 4.39 Å². The van der Waals surface area contributed by atoms with E-state index in [1.807, 2.05) is 0 Å². The summed E-state index contributed by atoms with van der Waals surface area (Å²) < 4.78 is 13.7. The average molecular weight is 235 g/mol.